The molecule has 0 saturated carbocycles. The summed E-state index contributed by atoms with van der Waals surface area (Å²) in [6.45, 7) is 1.98. The average molecular weight is 402 g/mol. The molecule has 0 saturated heterocycles. The SMILES string of the molecule is COC(=O)c1[nH]c2ccc(C)cc2c1NC(=O)C1CC=CCC1Cc1ccccc1. The monoisotopic (exact) mass is 402 g/mol. The van der Waals surface area contributed by atoms with E-state index in [1.807, 2.05) is 43.3 Å². The lowest BCUT2D eigenvalue weighted by Crippen LogP contribution is -2.32. The first-order valence-corrected chi connectivity index (χ1v) is 10.3. The molecule has 0 radical (unpaired) electrons. The molecule has 1 aliphatic rings. The minimum Gasteiger partial charge on any atom is -0.464 e. The molecule has 2 atom stereocenters. The van der Waals surface area contributed by atoms with E-state index >= 15 is 0 Å². The van der Waals surface area contributed by atoms with Crippen molar-refractivity contribution in [3.63, 3.8) is 0 Å². The molecule has 0 aliphatic heterocycles. The maximum Gasteiger partial charge on any atom is 0.356 e. The lowest BCUT2D eigenvalue weighted by Gasteiger charge is -2.28. The van der Waals surface area contributed by atoms with Gasteiger partial charge in [-0.3, -0.25) is 4.79 Å². The molecule has 30 heavy (non-hydrogen) atoms. The van der Waals surface area contributed by atoms with Gasteiger partial charge in [0.1, 0.15) is 5.69 Å². The van der Waals surface area contributed by atoms with Crippen molar-refractivity contribution in [3.05, 3.63) is 77.5 Å². The molecular weight excluding hydrogens is 376 g/mol. The van der Waals surface area contributed by atoms with Gasteiger partial charge in [0.25, 0.3) is 0 Å². The molecule has 1 amide bonds. The topological polar surface area (TPSA) is 71.2 Å². The van der Waals surface area contributed by atoms with Crippen molar-refractivity contribution in [2.45, 2.75) is 26.2 Å². The van der Waals surface area contributed by atoms with Crippen molar-refractivity contribution >= 4 is 28.5 Å². The third kappa shape index (κ3) is 4.01. The third-order valence-electron chi connectivity index (χ3n) is 5.83. The molecule has 1 aliphatic carbocycles. The molecule has 2 unspecified atom stereocenters. The highest BCUT2D eigenvalue weighted by atomic mass is 16.5. The molecule has 4 rings (SSSR count). The Bertz CT molecular complexity index is 1100. The number of anilines is 1. The molecule has 0 fully saturated rings. The number of esters is 1. The minimum atomic E-state index is -0.497. The number of ether oxygens (including phenoxy) is 1. The minimum absolute atomic E-state index is 0.0622. The van der Waals surface area contributed by atoms with Crippen LogP contribution in [0.25, 0.3) is 10.9 Å². The van der Waals surface area contributed by atoms with Crippen LogP contribution in [0.1, 0.15) is 34.5 Å². The summed E-state index contributed by atoms with van der Waals surface area (Å²) in [5.41, 5.74) is 3.85. The van der Waals surface area contributed by atoms with Crippen molar-refractivity contribution in [2.24, 2.45) is 11.8 Å². The van der Waals surface area contributed by atoms with Crippen molar-refractivity contribution < 1.29 is 14.3 Å². The van der Waals surface area contributed by atoms with Gasteiger partial charge in [-0.15, -0.1) is 0 Å². The van der Waals surface area contributed by atoms with E-state index < -0.39 is 5.97 Å². The molecule has 1 heterocycles. The van der Waals surface area contributed by atoms with E-state index in [0.29, 0.717) is 12.1 Å². The molecule has 154 valence electrons. The van der Waals surface area contributed by atoms with Crippen molar-refractivity contribution in [2.75, 3.05) is 12.4 Å². The molecule has 0 bridgehead atoms. The fraction of sp³-hybridized carbons (Fsp3) is 0.280. The highest BCUT2D eigenvalue weighted by Crippen LogP contribution is 2.33. The largest absolute Gasteiger partial charge is 0.464 e. The number of hydrogen-bond donors (Lipinski definition) is 2. The lowest BCUT2D eigenvalue weighted by atomic mass is 9.78. The van der Waals surface area contributed by atoms with Crippen molar-refractivity contribution in [3.8, 4) is 0 Å². The normalized spacial score (nSPS) is 18.3. The van der Waals surface area contributed by atoms with Gasteiger partial charge >= 0.3 is 5.97 Å². The number of aryl methyl sites for hydroxylation is 1. The Morgan fingerprint density at radius 1 is 1.10 bits per heavy atom. The molecule has 3 aromatic rings. The summed E-state index contributed by atoms with van der Waals surface area (Å²) in [6, 6.07) is 16.1. The quantitative estimate of drug-likeness (QED) is 0.465. The van der Waals surface area contributed by atoms with Crippen molar-refractivity contribution in [1.82, 2.24) is 4.98 Å². The summed E-state index contributed by atoms with van der Waals surface area (Å²) >= 11 is 0. The van der Waals surface area contributed by atoms with Crippen LogP contribution in [0.2, 0.25) is 0 Å². The summed E-state index contributed by atoms with van der Waals surface area (Å²) in [6.07, 6.45) is 6.64. The number of allylic oxidation sites excluding steroid dienone is 2. The molecule has 5 heteroatoms. The smallest absolute Gasteiger partial charge is 0.356 e. The Morgan fingerprint density at radius 3 is 2.63 bits per heavy atom. The van der Waals surface area contributed by atoms with Crippen molar-refractivity contribution in [1.29, 1.82) is 0 Å². The number of carbonyl (C=O) groups excluding carboxylic acids is 2. The summed E-state index contributed by atoms with van der Waals surface area (Å²) in [5, 5.41) is 3.87. The van der Waals surface area contributed by atoms with Crippen LogP contribution in [0.3, 0.4) is 0 Å². The number of aromatic nitrogens is 1. The molecule has 1 aromatic heterocycles. The van der Waals surface area contributed by atoms with Gasteiger partial charge in [-0.2, -0.15) is 0 Å². The highest BCUT2D eigenvalue weighted by Gasteiger charge is 2.31. The Morgan fingerprint density at radius 2 is 1.87 bits per heavy atom. The number of H-pyrrole nitrogens is 1. The zero-order valence-electron chi connectivity index (χ0n) is 17.3. The van der Waals surface area contributed by atoms with Crippen LogP contribution in [0.5, 0.6) is 0 Å². The average Bonchev–Trinajstić information content (AvgIpc) is 3.11. The number of carbonyl (C=O) groups is 2. The van der Waals surface area contributed by atoms with Gasteiger partial charge < -0.3 is 15.0 Å². The van der Waals surface area contributed by atoms with E-state index in [-0.39, 0.29) is 23.4 Å². The summed E-state index contributed by atoms with van der Waals surface area (Å²) in [4.78, 5) is 28.8. The van der Waals surface area contributed by atoms with E-state index in [2.05, 4.69) is 34.6 Å². The number of fused-ring (bicyclic) bond motifs is 1. The zero-order valence-corrected chi connectivity index (χ0v) is 17.3. The Labute approximate surface area is 176 Å². The molecule has 5 nitrogen and oxygen atoms in total. The predicted molar refractivity (Wildman–Crippen MR) is 119 cm³/mol. The van der Waals surface area contributed by atoms with E-state index in [9.17, 15) is 9.59 Å². The number of aromatic amines is 1. The van der Waals surface area contributed by atoms with Crippen LogP contribution in [-0.4, -0.2) is 24.0 Å². The molecule has 0 spiro atoms. The number of benzene rings is 2. The maximum absolute atomic E-state index is 13.3. The van der Waals surface area contributed by atoms with Crippen LogP contribution in [0.15, 0.2) is 60.7 Å². The van der Waals surface area contributed by atoms with E-state index in [4.69, 9.17) is 4.74 Å². The lowest BCUT2D eigenvalue weighted by molar-refractivity contribution is -0.121. The molecule has 2 N–H and O–H groups in total. The van der Waals surface area contributed by atoms with Gasteiger partial charge in [-0.1, -0.05) is 54.1 Å². The summed E-state index contributed by atoms with van der Waals surface area (Å²) in [7, 11) is 1.34. The highest BCUT2D eigenvalue weighted by molar-refractivity contribution is 6.11. The van der Waals surface area contributed by atoms with Gasteiger partial charge in [0.15, 0.2) is 0 Å². The molecule has 2 aromatic carbocycles. The van der Waals surface area contributed by atoms with E-state index in [0.717, 1.165) is 29.3 Å². The van der Waals surface area contributed by atoms with Gasteiger partial charge in [-0.05, 0) is 49.8 Å². The van der Waals surface area contributed by atoms with Gasteiger partial charge in [0, 0.05) is 16.8 Å². The number of methoxy groups -OCH3 is 1. The zero-order chi connectivity index (χ0) is 21.1. The van der Waals surface area contributed by atoms with Crippen LogP contribution >= 0.6 is 0 Å². The second kappa shape index (κ2) is 8.57. The fourth-order valence-corrected chi connectivity index (χ4v) is 4.24. The van der Waals surface area contributed by atoms with Crippen LogP contribution in [-0.2, 0) is 16.0 Å². The predicted octanol–water partition coefficient (Wildman–Crippen LogP) is 5.03. The third-order valence-corrected chi connectivity index (χ3v) is 5.83. The standard InChI is InChI=1S/C25H26N2O3/c1-16-12-13-21-20(14-16)22(23(26-21)25(29)30-2)27-24(28)19-11-7-6-10-18(19)15-17-8-4-3-5-9-17/h3-9,12-14,18-19,26H,10-11,15H2,1-2H3,(H,27,28). The maximum atomic E-state index is 13.3. The molecular formula is C25H26N2O3. The summed E-state index contributed by atoms with van der Waals surface area (Å²) < 4.78 is 4.93. The number of rotatable bonds is 5. The van der Waals surface area contributed by atoms with Gasteiger partial charge in [0.05, 0.1) is 12.8 Å². The number of amides is 1. The Hall–Kier alpha value is -3.34. The first-order valence-electron chi connectivity index (χ1n) is 10.3. The van der Waals surface area contributed by atoms with E-state index in [1.165, 1.54) is 12.7 Å². The fourth-order valence-electron chi connectivity index (χ4n) is 4.24. The first kappa shape index (κ1) is 20.0. The Balaban J connectivity index is 1.63. The summed E-state index contributed by atoms with van der Waals surface area (Å²) in [5.74, 6) is -0.502. The number of nitrogens with one attached hydrogen (secondary N) is 2. The van der Waals surface area contributed by atoms with Crippen LogP contribution < -0.4 is 5.32 Å². The van der Waals surface area contributed by atoms with Gasteiger partial charge in [-0.25, -0.2) is 4.79 Å². The van der Waals surface area contributed by atoms with Crippen LogP contribution in [0, 0.1) is 18.8 Å². The van der Waals surface area contributed by atoms with Crippen LogP contribution in [0.4, 0.5) is 5.69 Å². The number of hydrogen-bond acceptors (Lipinski definition) is 3. The first-order chi connectivity index (χ1) is 14.6. The van der Waals surface area contributed by atoms with Gasteiger partial charge in [0.2, 0.25) is 5.91 Å². The van der Waals surface area contributed by atoms with E-state index in [1.54, 1.807) is 0 Å². The second-order valence-electron chi connectivity index (χ2n) is 7.90. The Kier molecular flexibility index (Phi) is 5.70. The second-order valence-corrected chi connectivity index (χ2v) is 7.90.